The minimum absolute atomic E-state index is 0.198. The van der Waals surface area contributed by atoms with Gasteiger partial charge < -0.3 is 11.1 Å². The molecule has 1 aliphatic carbocycles. The number of fused-ring (bicyclic) bond motifs is 1. The van der Waals surface area contributed by atoms with Crippen LogP contribution in [0.4, 0.5) is 14.5 Å². The molecule has 2 aromatic carbocycles. The molecule has 0 radical (unpaired) electrons. The molecule has 2 aromatic rings. The quantitative estimate of drug-likeness (QED) is 0.835. The molecule has 0 heterocycles. The molecule has 3 N–H and O–H groups in total. The van der Waals surface area contributed by atoms with Gasteiger partial charge in [-0.25, -0.2) is 8.78 Å². The molecule has 1 atom stereocenters. The van der Waals surface area contributed by atoms with E-state index in [2.05, 4.69) is 5.32 Å². The molecule has 0 aliphatic heterocycles. The van der Waals surface area contributed by atoms with Crippen molar-refractivity contribution in [1.82, 2.24) is 5.32 Å². The van der Waals surface area contributed by atoms with Gasteiger partial charge in [0.2, 0.25) is 0 Å². The van der Waals surface area contributed by atoms with Crippen molar-refractivity contribution in [1.29, 1.82) is 0 Å². The van der Waals surface area contributed by atoms with Gasteiger partial charge in [0.15, 0.2) is 11.6 Å². The van der Waals surface area contributed by atoms with E-state index in [-0.39, 0.29) is 11.6 Å². The number of carbonyl (C=O) groups is 1. The molecule has 0 saturated heterocycles. The Hall–Kier alpha value is -2.43. The molecular weight excluding hydrogens is 274 g/mol. The third kappa shape index (κ3) is 2.46. The van der Waals surface area contributed by atoms with Crippen LogP contribution >= 0.6 is 0 Å². The molecule has 0 fully saturated rings. The summed E-state index contributed by atoms with van der Waals surface area (Å²) in [6, 6.07) is 8.89. The van der Waals surface area contributed by atoms with E-state index in [1.54, 1.807) is 6.07 Å². The van der Waals surface area contributed by atoms with Crippen molar-refractivity contribution in [3.8, 4) is 0 Å². The number of benzene rings is 2. The van der Waals surface area contributed by atoms with Crippen molar-refractivity contribution >= 4 is 11.6 Å². The first-order chi connectivity index (χ1) is 10.1. The topological polar surface area (TPSA) is 55.1 Å². The van der Waals surface area contributed by atoms with Crippen LogP contribution in [0.1, 0.15) is 33.9 Å². The predicted octanol–water partition coefficient (Wildman–Crippen LogP) is 2.96. The van der Waals surface area contributed by atoms with Crippen LogP contribution in [0.2, 0.25) is 0 Å². The van der Waals surface area contributed by atoms with E-state index in [9.17, 15) is 13.6 Å². The normalized spacial score (nSPS) is 16.6. The summed E-state index contributed by atoms with van der Waals surface area (Å²) in [4.78, 5) is 12.1. The van der Waals surface area contributed by atoms with E-state index < -0.39 is 17.5 Å². The van der Waals surface area contributed by atoms with Crippen molar-refractivity contribution < 1.29 is 13.6 Å². The number of rotatable bonds is 2. The smallest absolute Gasteiger partial charge is 0.254 e. The second-order valence-corrected chi connectivity index (χ2v) is 5.12. The lowest BCUT2D eigenvalue weighted by Gasteiger charge is -2.14. The summed E-state index contributed by atoms with van der Waals surface area (Å²) in [7, 11) is 0. The average Bonchev–Trinajstić information content (AvgIpc) is 2.84. The maximum Gasteiger partial charge on any atom is 0.254 e. The number of nitrogens with one attached hydrogen (secondary N) is 1. The number of nitrogens with two attached hydrogens (primary N) is 1. The highest BCUT2D eigenvalue weighted by Gasteiger charge is 2.25. The summed E-state index contributed by atoms with van der Waals surface area (Å²) in [5, 5.41) is 2.75. The number of hydrogen-bond acceptors (Lipinski definition) is 2. The number of amides is 1. The molecule has 3 rings (SSSR count). The van der Waals surface area contributed by atoms with Gasteiger partial charge in [0.05, 0.1) is 11.6 Å². The second kappa shape index (κ2) is 5.16. The van der Waals surface area contributed by atoms with Crippen molar-refractivity contribution in [3.63, 3.8) is 0 Å². The molecule has 1 unspecified atom stereocenters. The summed E-state index contributed by atoms with van der Waals surface area (Å²) in [5.41, 5.74) is 8.19. The lowest BCUT2D eigenvalue weighted by Crippen LogP contribution is -2.28. The van der Waals surface area contributed by atoms with Gasteiger partial charge in [0, 0.05) is 5.69 Å². The molecule has 0 bridgehead atoms. The van der Waals surface area contributed by atoms with Crippen LogP contribution in [0.3, 0.4) is 0 Å². The maximum absolute atomic E-state index is 13.6. The van der Waals surface area contributed by atoms with Gasteiger partial charge in [0.1, 0.15) is 0 Å². The highest BCUT2D eigenvalue weighted by molar-refractivity contribution is 5.94. The molecule has 3 nitrogen and oxygen atoms in total. The zero-order chi connectivity index (χ0) is 15.0. The van der Waals surface area contributed by atoms with Crippen LogP contribution in [0.25, 0.3) is 0 Å². The Morgan fingerprint density at radius 3 is 2.86 bits per heavy atom. The minimum atomic E-state index is -1.12. The van der Waals surface area contributed by atoms with Crippen LogP contribution in [0, 0.1) is 11.6 Å². The van der Waals surface area contributed by atoms with E-state index in [0.29, 0.717) is 5.69 Å². The number of hydrogen-bond donors (Lipinski definition) is 2. The largest absolute Gasteiger partial charge is 0.399 e. The van der Waals surface area contributed by atoms with E-state index >= 15 is 0 Å². The Morgan fingerprint density at radius 2 is 2.05 bits per heavy atom. The van der Waals surface area contributed by atoms with E-state index in [1.165, 1.54) is 12.1 Å². The van der Waals surface area contributed by atoms with Gasteiger partial charge in [-0.1, -0.05) is 12.1 Å². The van der Waals surface area contributed by atoms with Crippen LogP contribution in [0.15, 0.2) is 36.4 Å². The number of carbonyl (C=O) groups excluding carboxylic acids is 1. The Labute approximate surface area is 120 Å². The third-order valence-electron chi connectivity index (χ3n) is 3.75. The van der Waals surface area contributed by atoms with E-state index in [4.69, 9.17) is 5.73 Å². The molecule has 0 spiro atoms. The van der Waals surface area contributed by atoms with Crippen molar-refractivity contribution in [3.05, 3.63) is 64.7 Å². The van der Waals surface area contributed by atoms with Crippen LogP contribution in [-0.4, -0.2) is 5.91 Å². The van der Waals surface area contributed by atoms with Crippen LogP contribution in [0.5, 0.6) is 0 Å². The van der Waals surface area contributed by atoms with Crippen molar-refractivity contribution in [2.45, 2.75) is 18.9 Å². The number of aryl methyl sites for hydroxylation is 1. The van der Waals surface area contributed by atoms with Gasteiger partial charge in [-0.05, 0) is 48.2 Å². The molecular formula is C16H14F2N2O. The first-order valence-corrected chi connectivity index (χ1v) is 6.69. The van der Waals surface area contributed by atoms with Crippen LogP contribution in [-0.2, 0) is 6.42 Å². The molecule has 1 aliphatic rings. The Balaban J connectivity index is 1.83. The third-order valence-corrected chi connectivity index (χ3v) is 3.75. The van der Waals surface area contributed by atoms with Crippen LogP contribution < -0.4 is 11.1 Å². The summed E-state index contributed by atoms with van der Waals surface area (Å²) < 4.78 is 26.8. The monoisotopic (exact) mass is 288 g/mol. The first kappa shape index (κ1) is 13.5. The molecule has 1 amide bonds. The molecule has 5 heteroatoms. The average molecular weight is 288 g/mol. The summed E-state index contributed by atoms with van der Waals surface area (Å²) in [6.45, 7) is 0. The van der Waals surface area contributed by atoms with Crippen molar-refractivity contribution in [2.24, 2.45) is 0 Å². The second-order valence-electron chi connectivity index (χ2n) is 5.12. The highest BCUT2D eigenvalue weighted by Crippen LogP contribution is 2.32. The first-order valence-electron chi connectivity index (χ1n) is 6.69. The Kier molecular flexibility index (Phi) is 3.33. The van der Waals surface area contributed by atoms with Gasteiger partial charge >= 0.3 is 0 Å². The zero-order valence-electron chi connectivity index (χ0n) is 11.2. The molecule has 0 aromatic heterocycles. The Bertz CT molecular complexity index is 715. The summed E-state index contributed by atoms with van der Waals surface area (Å²) in [6.07, 6.45) is 1.53. The molecule has 0 saturated carbocycles. The lowest BCUT2D eigenvalue weighted by atomic mass is 10.1. The van der Waals surface area contributed by atoms with E-state index in [1.807, 2.05) is 12.1 Å². The Morgan fingerprint density at radius 1 is 1.24 bits per heavy atom. The fourth-order valence-electron chi connectivity index (χ4n) is 2.70. The number of halogens is 2. The SMILES string of the molecule is Nc1ccc2c(c1)CCC2NC(=O)c1cccc(F)c1F. The number of nitrogen functional groups attached to an aromatic ring is 1. The standard InChI is InChI=1S/C16H14F2N2O/c17-13-3-1-2-12(15(13)18)16(21)20-14-7-4-9-8-10(19)5-6-11(9)14/h1-3,5-6,8,14H,4,7,19H2,(H,20,21). The summed E-state index contributed by atoms with van der Waals surface area (Å²) >= 11 is 0. The maximum atomic E-state index is 13.6. The predicted molar refractivity (Wildman–Crippen MR) is 75.7 cm³/mol. The van der Waals surface area contributed by atoms with Crippen molar-refractivity contribution in [2.75, 3.05) is 5.73 Å². The van der Waals surface area contributed by atoms with E-state index in [0.717, 1.165) is 30.0 Å². The summed E-state index contributed by atoms with van der Waals surface area (Å²) in [5.74, 6) is -2.76. The molecule has 21 heavy (non-hydrogen) atoms. The van der Waals surface area contributed by atoms with Gasteiger partial charge in [-0.2, -0.15) is 0 Å². The number of anilines is 1. The van der Waals surface area contributed by atoms with Gasteiger partial charge in [-0.3, -0.25) is 4.79 Å². The minimum Gasteiger partial charge on any atom is -0.399 e. The highest BCUT2D eigenvalue weighted by atomic mass is 19.2. The van der Waals surface area contributed by atoms with Gasteiger partial charge in [-0.15, -0.1) is 0 Å². The lowest BCUT2D eigenvalue weighted by molar-refractivity contribution is 0.0931. The van der Waals surface area contributed by atoms with Gasteiger partial charge in [0.25, 0.3) is 5.91 Å². The fraction of sp³-hybridized carbons (Fsp3) is 0.188. The molecule has 108 valence electrons. The zero-order valence-corrected chi connectivity index (χ0v) is 11.2. The fourth-order valence-corrected chi connectivity index (χ4v) is 2.70.